The summed E-state index contributed by atoms with van der Waals surface area (Å²) in [5.41, 5.74) is 1.15. The number of aromatic nitrogens is 1. The van der Waals surface area contributed by atoms with Crippen LogP contribution in [0.5, 0.6) is 5.75 Å². The van der Waals surface area contributed by atoms with Gasteiger partial charge in [0.15, 0.2) is 0 Å². The van der Waals surface area contributed by atoms with Gasteiger partial charge < -0.3 is 13.9 Å². The highest BCUT2D eigenvalue weighted by Gasteiger charge is 2.31. The highest BCUT2D eigenvalue weighted by Crippen LogP contribution is 2.31. The minimum absolute atomic E-state index is 0.0971. The van der Waals surface area contributed by atoms with E-state index in [0.29, 0.717) is 45.5 Å². The van der Waals surface area contributed by atoms with E-state index in [1.165, 1.54) is 19.2 Å². The standard InChI is InChI=1S/C31H31ClF3N3O6S/c1-4-42-29(39)20-38(45(40,41)37(3)26-14-12-25(32)13-15-26)19-22-6-5-7-27(18-22)43-17-16-28-21(2)44-30(36-28)23-8-10-24(11-9-23)31(33,34)35/h5-15,18H,4,16-17,19-20H2,1-3H3. The Morgan fingerprint density at radius 1 is 1.04 bits per heavy atom. The molecule has 1 aromatic heterocycles. The van der Waals surface area contributed by atoms with Crippen LogP contribution in [0.25, 0.3) is 11.5 Å². The van der Waals surface area contributed by atoms with Crippen molar-refractivity contribution in [2.45, 2.75) is 33.0 Å². The summed E-state index contributed by atoms with van der Waals surface area (Å²) in [5, 5.41) is 0.447. The Labute approximate surface area is 264 Å². The Bertz CT molecular complexity index is 1710. The van der Waals surface area contributed by atoms with Gasteiger partial charge in [0.1, 0.15) is 18.1 Å². The van der Waals surface area contributed by atoms with Crippen molar-refractivity contribution in [3.05, 3.63) is 100 Å². The van der Waals surface area contributed by atoms with E-state index in [9.17, 15) is 26.4 Å². The number of rotatable bonds is 13. The molecule has 0 aliphatic carbocycles. The number of esters is 1. The first kappa shape index (κ1) is 33.8. The van der Waals surface area contributed by atoms with Gasteiger partial charge in [0.2, 0.25) is 5.89 Å². The minimum atomic E-state index is -4.44. The van der Waals surface area contributed by atoms with Crippen LogP contribution in [0.2, 0.25) is 5.02 Å². The Morgan fingerprint density at radius 2 is 1.73 bits per heavy atom. The fraction of sp³-hybridized carbons (Fsp3) is 0.290. The molecule has 3 aromatic carbocycles. The molecule has 0 saturated heterocycles. The van der Waals surface area contributed by atoms with Crippen molar-refractivity contribution in [3.8, 4) is 17.2 Å². The van der Waals surface area contributed by atoms with Gasteiger partial charge in [0.05, 0.1) is 30.2 Å². The van der Waals surface area contributed by atoms with Crippen LogP contribution in [0.3, 0.4) is 0 Å². The second-order valence-corrected chi connectivity index (χ2v) is 12.3. The number of oxazole rings is 1. The number of carbonyl (C=O) groups excluding carboxylic acids is 1. The number of nitrogens with zero attached hydrogens (tertiary/aromatic N) is 3. The van der Waals surface area contributed by atoms with Crippen LogP contribution in [-0.2, 0) is 38.9 Å². The van der Waals surface area contributed by atoms with Gasteiger partial charge in [-0.05, 0) is 80.1 Å². The van der Waals surface area contributed by atoms with Crippen LogP contribution < -0.4 is 9.04 Å². The Hall–Kier alpha value is -4.07. The first-order valence-electron chi connectivity index (χ1n) is 13.8. The van der Waals surface area contributed by atoms with E-state index >= 15 is 0 Å². The Morgan fingerprint density at radius 3 is 2.38 bits per heavy atom. The topological polar surface area (TPSA) is 102 Å². The van der Waals surface area contributed by atoms with Gasteiger partial charge in [-0.15, -0.1) is 0 Å². The average molecular weight is 666 g/mol. The van der Waals surface area contributed by atoms with Gasteiger partial charge >= 0.3 is 22.4 Å². The summed E-state index contributed by atoms with van der Waals surface area (Å²) in [6.45, 7) is 2.97. The fourth-order valence-electron chi connectivity index (χ4n) is 4.32. The van der Waals surface area contributed by atoms with Crippen molar-refractivity contribution in [1.29, 1.82) is 0 Å². The maximum absolute atomic E-state index is 13.6. The minimum Gasteiger partial charge on any atom is -0.493 e. The first-order valence-corrected chi connectivity index (χ1v) is 15.6. The fourth-order valence-corrected chi connectivity index (χ4v) is 5.76. The summed E-state index contributed by atoms with van der Waals surface area (Å²) in [4.78, 5) is 16.8. The zero-order chi connectivity index (χ0) is 32.8. The molecule has 0 fully saturated rings. The summed E-state index contributed by atoms with van der Waals surface area (Å²) < 4.78 is 84.5. The Kier molecular flexibility index (Phi) is 10.8. The van der Waals surface area contributed by atoms with Gasteiger partial charge in [0, 0.05) is 30.6 Å². The molecule has 45 heavy (non-hydrogen) atoms. The quantitative estimate of drug-likeness (QED) is 0.147. The zero-order valence-electron chi connectivity index (χ0n) is 24.7. The van der Waals surface area contributed by atoms with Crippen molar-refractivity contribution in [2.24, 2.45) is 0 Å². The van der Waals surface area contributed by atoms with Crippen LogP contribution in [0.15, 0.2) is 77.2 Å². The maximum Gasteiger partial charge on any atom is 0.416 e. The highest BCUT2D eigenvalue weighted by molar-refractivity contribution is 7.90. The molecular weight excluding hydrogens is 635 g/mol. The second kappa shape index (κ2) is 14.4. The monoisotopic (exact) mass is 665 g/mol. The molecule has 4 aromatic rings. The lowest BCUT2D eigenvalue weighted by Crippen LogP contribution is -2.44. The molecule has 14 heteroatoms. The number of benzene rings is 3. The number of hydrogen-bond acceptors (Lipinski definition) is 7. The van der Waals surface area contributed by atoms with Gasteiger partial charge in [-0.2, -0.15) is 25.9 Å². The third-order valence-electron chi connectivity index (χ3n) is 6.69. The number of aryl methyl sites for hydroxylation is 1. The summed E-state index contributed by atoms with van der Waals surface area (Å²) >= 11 is 5.95. The van der Waals surface area contributed by atoms with E-state index < -0.39 is 34.5 Å². The van der Waals surface area contributed by atoms with Gasteiger partial charge in [0.25, 0.3) is 0 Å². The summed E-state index contributed by atoms with van der Waals surface area (Å²) in [5.74, 6) is 0.462. The summed E-state index contributed by atoms with van der Waals surface area (Å²) in [7, 11) is -2.79. The van der Waals surface area contributed by atoms with Crippen molar-refractivity contribution < 1.29 is 40.3 Å². The third-order valence-corrected chi connectivity index (χ3v) is 8.76. The van der Waals surface area contributed by atoms with E-state index in [4.69, 9.17) is 25.5 Å². The van der Waals surface area contributed by atoms with Gasteiger partial charge in [-0.25, -0.2) is 4.98 Å². The average Bonchev–Trinajstić information content (AvgIpc) is 3.37. The number of alkyl halides is 3. The van der Waals surface area contributed by atoms with E-state index in [1.54, 1.807) is 62.4 Å². The van der Waals surface area contributed by atoms with Crippen LogP contribution in [0.4, 0.5) is 18.9 Å². The predicted octanol–water partition coefficient (Wildman–Crippen LogP) is 6.69. The van der Waals surface area contributed by atoms with Crippen LogP contribution in [0.1, 0.15) is 29.5 Å². The smallest absolute Gasteiger partial charge is 0.416 e. The molecule has 1 heterocycles. The van der Waals surface area contributed by atoms with Crippen molar-refractivity contribution in [3.63, 3.8) is 0 Å². The van der Waals surface area contributed by atoms with Gasteiger partial charge in [-0.3, -0.25) is 9.10 Å². The summed E-state index contributed by atoms with van der Waals surface area (Å²) in [6.07, 6.45) is -4.10. The number of ether oxygens (including phenoxy) is 2. The number of carbonyl (C=O) groups is 1. The molecule has 4 rings (SSSR count). The van der Waals surface area contributed by atoms with E-state index in [-0.39, 0.29) is 25.6 Å². The molecule has 9 nitrogen and oxygen atoms in total. The molecule has 0 spiro atoms. The van der Waals surface area contributed by atoms with Crippen LogP contribution in [-0.4, -0.2) is 50.5 Å². The van der Waals surface area contributed by atoms with Crippen molar-refractivity contribution >= 4 is 33.5 Å². The number of hydrogen-bond donors (Lipinski definition) is 0. The largest absolute Gasteiger partial charge is 0.493 e. The van der Waals surface area contributed by atoms with Gasteiger partial charge in [-0.1, -0.05) is 23.7 Å². The normalized spacial score (nSPS) is 11.9. The predicted molar refractivity (Wildman–Crippen MR) is 163 cm³/mol. The molecule has 240 valence electrons. The van der Waals surface area contributed by atoms with Crippen molar-refractivity contribution in [2.75, 3.05) is 31.1 Å². The van der Waals surface area contributed by atoms with E-state index in [0.717, 1.165) is 20.7 Å². The molecule has 0 aliphatic rings. The van der Waals surface area contributed by atoms with E-state index in [2.05, 4.69) is 4.98 Å². The molecule has 0 aliphatic heterocycles. The lowest BCUT2D eigenvalue weighted by atomic mass is 10.1. The molecule has 0 atom stereocenters. The second-order valence-electron chi connectivity index (χ2n) is 9.87. The molecule has 0 saturated carbocycles. The number of halogens is 4. The van der Waals surface area contributed by atoms with E-state index in [1.807, 2.05) is 0 Å². The van der Waals surface area contributed by atoms with Crippen LogP contribution >= 0.6 is 11.6 Å². The molecule has 0 bridgehead atoms. The number of anilines is 1. The third kappa shape index (κ3) is 8.77. The lowest BCUT2D eigenvalue weighted by Gasteiger charge is -2.28. The zero-order valence-corrected chi connectivity index (χ0v) is 26.2. The highest BCUT2D eigenvalue weighted by atomic mass is 35.5. The molecule has 0 radical (unpaired) electrons. The Balaban J connectivity index is 1.44. The summed E-state index contributed by atoms with van der Waals surface area (Å²) in [6, 6.07) is 17.6. The molecule has 0 amide bonds. The maximum atomic E-state index is 13.6. The SMILES string of the molecule is CCOC(=O)CN(Cc1cccc(OCCc2nc(-c3ccc(C(F)(F)F)cc3)oc2C)c1)S(=O)(=O)N(C)c1ccc(Cl)cc1. The molecule has 0 N–H and O–H groups in total. The van der Waals surface area contributed by atoms with Crippen molar-refractivity contribution in [1.82, 2.24) is 9.29 Å². The lowest BCUT2D eigenvalue weighted by molar-refractivity contribution is -0.143. The first-order chi connectivity index (χ1) is 21.3. The molecular formula is C31H31ClF3N3O6S. The molecule has 0 unspecified atom stereocenters. The van der Waals surface area contributed by atoms with Crippen LogP contribution in [0, 0.1) is 6.92 Å².